The molecular weight excluding hydrogens is 1080 g/mol. The lowest BCUT2D eigenvalue weighted by Crippen LogP contribution is -1.92. The van der Waals surface area contributed by atoms with Gasteiger partial charge in [0.1, 0.15) is 0 Å². The van der Waals surface area contributed by atoms with Gasteiger partial charge in [-0.2, -0.15) is 0 Å². The van der Waals surface area contributed by atoms with E-state index in [0.29, 0.717) is 0 Å². The molecule has 0 spiro atoms. The zero-order valence-corrected chi connectivity index (χ0v) is 49.3. The fourth-order valence-electron chi connectivity index (χ4n) is 14.5. The Hall–Kier alpha value is -11.7. The van der Waals surface area contributed by atoms with Crippen LogP contribution < -0.4 is 0 Å². The highest BCUT2D eigenvalue weighted by atomic mass is 14.2. The number of hydrogen-bond acceptors (Lipinski definition) is 0. The van der Waals surface area contributed by atoms with E-state index in [2.05, 4.69) is 340 Å². The Balaban J connectivity index is 0.899. The lowest BCUT2D eigenvalue weighted by atomic mass is 9.83. The van der Waals surface area contributed by atoms with Crippen LogP contribution in [-0.2, 0) is 0 Å². The summed E-state index contributed by atoms with van der Waals surface area (Å²) in [5, 5.41) is 22.3. The van der Waals surface area contributed by atoms with E-state index in [-0.39, 0.29) is 0 Å². The molecular formula is C90H56. The largest absolute Gasteiger partial charge is 0.0616 e. The van der Waals surface area contributed by atoms with Gasteiger partial charge in [-0.05, 0) is 259 Å². The fourth-order valence-corrected chi connectivity index (χ4v) is 14.5. The first kappa shape index (κ1) is 51.5. The van der Waals surface area contributed by atoms with Crippen molar-refractivity contribution in [2.45, 2.75) is 0 Å². The normalized spacial score (nSPS) is 11.8. The summed E-state index contributed by atoms with van der Waals surface area (Å²) < 4.78 is 0. The van der Waals surface area contributed by atoms with Crippen LogP contribution in [0.3, 0.4) is 0 Å². The van der Waals surface area contributed by atoms with E-state index in [1.165, 1.54) is 186 Å². The van der Waals surface area contributed by atoms with Crippen molar-refractivity contribution in [2.24, 2.45) is 0 Å². The third-order valence-corrected chi connectivity index (χ3v) is 19.1. The molecule has 0 nitrogen and oxygen atoms in total. The standard InChI is InChI=1S/C90H56/c1-5-17-61-45-73(33-29-57(61)13-1)65-21-9-25-69(49-65)77-37-41-81-82-42-38-79(71-27-11-23-67(51-71)75-35-31-59-15-3-7-19-63(59)47-75)55-87(82)90-88-56-80(72-28-12-24-68(52-72)76-36-32-60-16-4-8-20-64(60)48-76)40-44-84(88)83-43-39-78(54-86(83)89(90)85(81)53-77)70-26-10-22-66(50-70)74-34-30-58-14-2-6-18-62(58)46-74/h1-56H. The van der Waals surface area contributed by atoms with Crippen LogP contribution in [0.5, 0.6) is 0 Å². The van der Waals surface area contributed by atoms with E-state index in [1.54, 1.807) is 0 Å². The summed E-state index contributed by atoms with van der Waals surface area (Å²) in [6, 6.07) is 127. The van der Waals surface area contributed by atoms with Crippen LogP contribution in [0, 0.1) is 0 Å². The molecule has 90 heavy (non-hydrogen) atoms. The topological polar surface area (TPSA) is 0 Å². The van der Waals surface area contributed by atoms with Crippen molar-refractivity contribution in [3.05, 3.63) is 340 Å². The molecule has 18 aromatic carbocycles. The molecule has 0 heterocycles. The monoisotopic (exact) mass is 1140 g/mol. The zero-order chi connectivity index (χ0) is 59.2. The van der Waals surface area contributed by atoms with Gasteiger partial charge in [0, 0.05) is 0 Å². The van der Waals surface area contributed by atoms with Crippen molar-refractivity contribution in [3.8, 4) is 89.0 Å². The summed E-state index contributed by atoms with van der Waals surface area (Å²) >= 11 is 0. The minimum Gasteiger partial charge on any atom is -0.0616 e. The molecule has 0 unspecified atom stereocenters. The Morgan fingerprint density at radius 1 is 0.100 bits per heavy atom. The van der Waals surface area contributed by atoms with Crippen molar-refractivity contribution >= 4 is 97.0 Å². The quantitative estimate of drug-likeness (QED) is 0.133. The fraction of sp³-hybridized carbons (Fsp3) is 0. The SMILES string of the molecule is c1cc(-c2ccc3ccccc3c2)cc(-c2ccc3c4ccc(-c5cccc(-c6ccc7ccccc7c6)c5)cc4c4c5cc(-c6cccc(-c7ccc8ccccc8c7)c6)ccc5c5ccc(-c6cccc(-c7ccc8ccccc8c7)c6)cc5c4c3c2)c1. The summed E-state index contributed by atoms with van der Waals surface area (Å²) in [6.45, 7) is 0. The molecule has 0 bridgehead atoms. The average Bonchev–Trinajstić information content (AvgIpc) is 0.808. The molecule has 0 heteroatoms. The van der Waals surface area contributed by atoms with Crippen LogP contribution in [0.25, 0.3) is 186 Å². The van der Waals surface area contributed by atoms with Crippen LogP contribution in [0.2, 0.25) is 0 Å². The highest BCUT2D eigenvalue weighted by molar-refractivity contribution is 6.40. The molecule has 18 aromatic rings. The van der Waals surface area contributed by atoms with Gasteiger partial charge in [-0.3, -0.25) is 0 Å². The van der Waals surface area contributed by atoms with E-state index in [4.69, 9.17) is 0 Å². The Labute approximate surface area is 522 Å². The van der Waals surface area contributed by atoms with E-state index < -0.39 is 0 Å². The minimum absolute atomic E-state index is 1.18. The maximum Gasteiger partial charge on any atom is -0.00134 e. The Morgan fingerprint density at radius 2 is 0.278 bits per heavy atom. The molecule has 0 aliphatic carbocycles. The van der Waals surface area contributed by atoms with Crippen molar-refractivity contribution < 1.29 is 0 Å². The van der Waals surface area contributed by atoms with Gasteiger partial charge in [0.25, 0.3) is 0 Å². The van der Waals surface area contributed by atoms with E-state index in [9.17, 15) is 0 Å². The molecule has 0 amide bonds. The first-order valence-corrected chi connectivity index (χ1v) is 31.2. The molecule has 18 rings (SSSR count). The third kappa shape index (κ3) is 8.91. The number of benzene rings is 18. The zero-order valence-electron chi connectivity index (χ0n) is 49.3. The first-order valence-electron chi connectivity index (χ1n) is 31.2. The molecule has 0 saturated heterocycles. The lowest BCUT2D eigenvalue weighted by Gasteiger charge is -2.19. The third-order valence-electron chi connectivity index (χ3n) is 19.1. The molecule has 0 aliphatic heterocycles. The van der Waals surface area contributed by atoms with Crippen molar-refractivity contribution in [1.82, 2.24) is 0 Å². The van der Waals surface area contributed by atoms with Gasteiger partial charge in [-0.25, -0.2) is 0 Å². The molecule has 416 valence electrons. The maximum atomic E-state index is 2.49. The summed E-state index contributed by atoms with van der Waals surface area (Å²) in [5.41, 5.74) is 19.1. The number of hydrogen-bond donors (Lipinski definition) is 0. The molecule has 0 radical (unpaired) electrons. The number of rotatable bonds is 8. The first-order chi connectivity index (χ1) is 44.5. The van der Waals surface area contributed by atoms with Gasteiger partial charge in [-0.15, -0.1) is 0 Å². The second-order valence-corrected chi connectivity index (χ2v) is 24.4. The molecule has 0 aromatic heterocycles. The lowest BCUT2D eigenvalue weighted by molar-refractivity contribution is 1.61. The summed E-state index contributed by atoms with van der Waals surface area (Å²) in [6.07, 6.45) is 0. The van der Waals surface area contributed by atoms with Crippen LogP contribution >= 0.6 is 0 Å². The van der Waals surface area contributed by atoms with Crippen LogP contribution in [0.1, 0.15) is 0 Å². The second kappa shape index (κ2) is 21.0. The van der Waals surface area contributed by atoms with Crippen LogP contribution in [0.4, 0.5) is 0 Å². The van der Waals surface area contributed by atoms with Gasteiger partial charge in [0.2, 0.25) is 0 Å². The van der Waals surface area contributed by atoms with Crippen LogP contribution in [-0.4, -0.2) is 0 Å². The second-order valence-electron chi connectivity index (χ2n) is 24.4. The molecule has 0 saturated carbocycles. The molecule has 0 atom stereocenters. The summed E-state index contributed by atoms with van der Waals surface area (Å²) in [5.74, 6) is 0. The summed E-state index contributed by atoms with van der Waals surface area (Å²) in [7, 11) is 0. The highest BCUT2D eigenvalue weighted by Crippen LogP contribution is 2.48. The predicted molar refractivity (Wildman–Crippen MR) is 387 cm³/mol. The van der Waals surface area contributed by atoms with Crippen molar-refractivity contribution in [1.29, 1.82) is 0 Å². The predicted octanol–water partition coefficient (Wildman–Crippen LogP) is 25.4. The molecule has 0 aliphatic rings. The Morgan fingerprint density at radius 3 is 0.500 bits per heavy atom. The highest BCUT2D eigenvalue weighted by Gasteiger charge is 2.20. The minimum atomic E-state index is 1.18. The average molecular weight is 1140 g/mol. The maximum absolute atomic E-state index is 2.49. The van der Waals surface area contributed by atoms with Crippen molar-refractivity contribution in [3.63, 3.8) is 0 Å². The Bertz CT molecular complexity index is 5250. The Kier molecular flexibility index (Phi) is 12.0. The van der Waals surface area contributed by atoms with Crippen LogP contribution in [0.15, 0.2) is 340 Å². The van der Waals surface area contributed by atoms with Gasteiger partial charge in [0.05, 0.1) is 0 Å². The smallest absolute Gasteiger partial charge is 0.00134 e. The summed E-state index contributed by atoms with van der Waals surface area (Å²) in [4.78, 5) is 0. The molecule has 0 N–H and O–H groups in total. The van der Waals surface area contributed by atoms with Gasteiger partial charge in [-0.1, -0.05) is 267 Å². The van der Waals surface area contributed by atoms with E-state index in [1.807, 2.05) is 0 Å². The van der Waals surface area contributed by atoms with Crippen molar-refractivity contribution in [2.75, 3.05) is 0 Å². The van der Waals surface area contributed by atoms with Gasteiger partial charge >= 0.3 is 0 Å². The van der Waals surface area contributed by atoms with Gasteiger partial charge < -0.3 is 0 Å². The number of fused-ring (bicyclic) bond motifs is 15. The van der Waals surface area contributed by atoms with E-state index in [0.717, 1.165) is 0 Å². The van der Waals surface area contributed by atoms with Gasteiger partial charge in [0.15, 0.2) is 0 Å². The molecule has 0 fully saturated rings. The van der Waals surface area contributed by atoms with E-state index >= 15 is 0 Å².